The molecule has 2 N–H and O–H groups in total. The first kappa shape index (κ1) is 14.0. The van der Waals surface area contributed by atoms with Crippen molar-refractivity contribution in [1.82, 2.24) is 4.90 Å². The smallest absolute Gasteiger partial charge is 0.401 e. The minimum Gasteiger partial charge on any atom is -0.496 e. The highest BCUT2D eigenvalue weighted by atomic mass is 19.4. The van der Waals surface area contributed by atoms with Crippen molar-refractivity contribution in [3.8, 4) is 5.75 Å². The molecule has 1 aliphatic rings. The predicted octanol–water partition coefficient (Wildman–Crippen LogP) is 2.80. The van der Waals surface area contributed by atoms with E-state index in [0.29, 0.717) is 11.4 Å². The molecule has 1 aromatic carbocycles. The lowest BCUT2D eigenvalue weighted by Crippen LogP contribution is -2.35. The molecule has 2 rings (SSSR count). The zero-order valence-electron chi connectivity index (χ0n) is 10.7. The number of methoxy groups -OCH3 is 1. The quantitative estimate of drug-likeness (QED) is 0.839. The van der Waals surface area contributed by atoms with E-state index in [1.54, 1.807) is 18.2 Å². The van der Waals surface area contributed by atoms with E-state index in [9.17, 15) is 13.2 Å². The second kappa shape index (κ2) is 5.28. The van der Waals surface area contributed by atoms with Gasteiger partial charge in [-0.05, 0) is 18.9 Å². The highest BCUT2D eigenvalue weighted by molar-refractivity contribution is 5.48. The molecule has 0 unspecified atom stereocenters. The van der Waals surface area contributed by atoms with E-state index in [2.05, 4.69) is 0 Å². The number of benzene rings is 1. The fourth-order valence-corrected chi connectivity index (χ4v) is 2.09. The third kappa shape index (κ3) is 4.02. The molecule has 1 aliphatic carbocycles. The van der Waals surface area contributed by atoms with Gasteiger partial charge in [-0.25, -0.2) is 0 Å². The predicted molar refractivity (Wildman–Crippen MR) is 66.9 cm³/mol. The molecule has 0 atom stereocenters. The Morgan fingerprint density at radius 1 is 1.37 bits per heavy atom. The Kier molecular flexibility index (Phi) is 3.89. The molecule has 0 saturated heterocycles. The first-order valence-corrected chi connectivity index (χ1v) is 6.12. The molecule has 0 bridgehead atoms. The summed E-state index contributed by atoms with van der Waals surface area (Å²) in [4.78, 5) is 1.45. The normalized spacial score (nSPS) is 15.8. The molecule has 0 aromatic heterocycles. The van der Waals surface area contributed by atoms with E-state index in [-0.39, 0.29) is 12.6 Å². The number of hydrogen-bond acceptors (Lipinski definition) is 3. The number of rotatable bonds is 5. The maximum Gasteiger partial charge on any atom is 0.401 e. The third-order valence-corrected chi connectivity index (χ3v) is 3.13. The van der Waals surface area contributed by atoms with Gasteiger partial charge in [0.05, 0.1) is 13.7 Å². The fourth-order valence-electron chi connectivity index (χ4n) is 2.09. The van der Waals surface area contributed by atoms with Crippen molar-refractivity contribution in [2.24, 2.45) is 0 Å². The molecule has 0 amide bonds. The molecular weight excluding hydrogens is 257 g/mol. The van der Waals surface area contributed by atoms with Gasteiger partial charge in [-0.1, -0.05) is 6.07 Å². The lowest BCUT2D eigenvalue weighted by molar-refractivity contribution is -0.148. The summed E-state index contributed by atoms with van der Waals surface area (Å²) in [7, 11) is 1.49. The summed E-state index contributed by atoms with van der Waals surface area (Å²) >= 11 is 0. The van der Waals surface area contributed by atoms with Crippen LogP contribution in [0.25, 0.3) is 0 Å². The minimum atomic E-state index is -4.18. The number of nitrogens with two attached hydrogens (primary N) is 1. The summed E-state index contributed by atoms with van der Waals surface area (Å²) in [5, 5.41) is 0. The summed E-state index contributed by atoms with van der Waals surface area (Å²) in [5.41, 5.74) is 6.90. The highest BCUT2D eigenvalue weighted by Gasteiger charge is 2.38. The molecule has 3 nitrogen and oxygen atoms in total. The van der Waals surface area contributed by atoms with Crippen LogP contribution in [0.1, 0.15) is 18.4 Å². The van der Waals surface area contributed by atoms with Gasteiger partial charge in [0.25, 0.3) is 0 Å². The van der Waals surface area contributed by atoms with Crippen LogP contribution in [0.5, 0.6) is 5.75 Å². The van der Waals surface area contributed by atoms with E-state index in [1.165, 1.54) is 12.0 Å². The maximum atomic E-state index is 12.6. The highest BCUT2D eigenvalue weighted by Crippen LogP contribution is 2.33. The lowest BCUT2D eigenvalue weighted by atomic mass is 10.1. The Labute approximate surface area is 110 Å². The van der Waals surface area contributed by atoms with Gasteiger partial charge in [0.2, 0.25) is 0 Å². The van der Waals surface area contributed by atoms with Gasteiger partial charge < -0.3 is 10.5 Å². The van der Waals surface area contributed by atoms with Crippen molar-refractivity contribution >= 4 is 5.69 Å². The number of hydrogen-bond donors (Lipinski definition) is 1. The number of nitrogen functional groups attached to an aromatic ring is 1. The summed E-state index contributed by atoms with van der Waals surface area (Å²) < 4.78 is 42.8. The van der Waals surface area contributed by atoms with Gasteiger partial charge in [-0.2, -0.15) is 13.2 Å². The van der Waals surface area contributed by atoms with Crippen molar-refractivity contribution < 1.29 is 17.9 Å². The third-order valence-electron chi connectivity index (χ3n) is 3.13. The Morgan fingerprint density at radius 2 is 2.05 bits per heavy atom. The summed E-state index contributed by atoms with van der Waals surface area (Å²) in [5.74, 6) is 0.535. The van der Waals surface area contributed by atoms with Crippen molar-refractivity contribution in [2.75, 3.05) is 19.4 Å². The van der Waals surface area contributed by atoms with Crippen LogP contribution in [0.3, 0.4) is 0 Å². The van der Waals surface area contributed by atoms with Crippen molar-refractivity contribution in [2.45, 2.75) is 31.6 Å². The molecule has 0 radical (unpaired) electrons. The van der Waals surface area contributed by atoms with Gasteiger partial charge in [0.15, 0.2) is 0 Å². The van der Waals surface area contributed by atoms with Crippen LogP contribution in [-0.2, 0) is 6.54 Å². The second-order valence-corrected chi connectivity index (χ2v) is 4.82. The first-order chi connectivity index (χ1) is 8.89. The largest absolute Gasteiger partial charge is 0.496 e. The molecule has 19 heavy (non-hydrogen) atoms. The monoisotopic (exact) mass is 274 g/mol. The van der Waals surface area contributed by atoms with Crippen LogP contribution in [0.15, 0.2) is 18.2 Å². The zero-order valence-corrected chi connectivity index (χ0v) is 10.7. The molecular formula is C13H17F3N2O. The maximum absolute atomic E-state index is 12.6. The van der Waals surface area contributed by atoms with Gasteiger partial charge in [-0.3, -0.25) is 4.90 Å². The van der Waals surface area contributed by atoms with E-state index in [1.807, 2.05) is 0 Å². The van der Waals surface area contributed by atoms with Crippen LogP contribution in [0.4, 0.5) is 18.9 Å². The second-order valence-electron chi connectivity index (χ2n) is 4.82. The Morgan fingerprint density at radius 3 is 2.58 bits per heavy atom. The lowest BCUT2D eigenvalue weighted by Gasteiger charge is -2.24. The molecule has 0 aliphatic heterocycles. The van der Waals surface area contributed by atoms with E-state index < -0.39 is 12.7 Å². The minimum absolute atomic E-state index is 0.0314. The van der Waals surface area contributed by atoms with Crippen LogP contribution >= 0.6 is 0 Å². The number of anilines is 1. The molecule has 1 fully saturated rings. The van der Waals surface area contributed by atoms with Crippen molar-refractivity contribution in [3.63, 3.8) is 0 Å². The van der Waals surface area contributed by atoms with Gasteiger partial charge in [-0.15, -0.1) is 0 Å². The molecule has 0 spiro atoms. The Balaban J connectivity index is 2.12. The number of alkyl halides is 3. The van der Waals surface area contributed by atoms with E-state index >= 15 is 0 Å². The van der Waals surface area contributed by atoms with Crippen LogP contribution < -0.4 is 10.5 Å². The van der Waals surface area contributed by atoms with Crippen molar-refractivity contribution in [1.29, 1.82) is 0 Å². The molecule has 6 heteroatoms. The van der Waals surface area contributed by atoms with E-state index in [0.717, 1.165) is 18.4 Å². The Bertz CT molecular complexity index is 444. The van der Waals surface area contributed by atoms with Gasteiger partial charge >= 0.3 is 6.18 Å². The van der Waals surface area contributed by atoms with Crippen LogP contribution in [-0.4, -0.2) is 30.8 Å². The average molecular weight is 274 g/mol. The first-order valence-electron chi connectivity index (χ1n) is 6.12. The molecule has 0 heterocycles. The summed E-state index contributed by atoms with van der Waals surface area (Å²) in [6.07, 6.45) is -2.52. The van der Waals surface area contributed by atoms with Crippen molar-refractivity contribution in [3.05, 3.63) is 23.8 Å². The van der Waals surface area contributed by atoms with Crippen LogP contribution in [0.2, 0.25) is 0 Å². The fraction of sp³-hybridized carbons (Fsp3) is 0.538. The molecule has 106 valence electrons. The van der Waals surface area contributed by atoms with E-state index in [4.69, 9.17) is 10.5 Å². The number of halogens is 3. The standard InChI is InChI=1S/C13H17F3N2O/c1-19-12-6-10(17)3-2-9(12)7-18(11-4-5-11)8-13(14,15)16/h2-3,6,11H,4-5,7-8,17H2,1H3. The van der Waals surface area contributed by atoms with Gasteiger partial charge in [0, 0.05) is 29.9 Å². The van der Waals surface area contributed by atoms with Crippen LogP contribution in [0, 0.1) is 0 Å². The average Bonchev–Trinajstić information content (AvgIpc) is 3.12. The molecule has 1 aromatic rings. The van der Waals surface area contributed by atoms with Gasteiger partial charge in [0.1, 0.15) is 5.75 Å². The Hall–Kier alpha value is -1.43. The topological polar surface area (TPSA) is 38.5 Å². The summed E-state index contributed by atoms with van der Waals surface area (Å²) in [6.45, 7) is -0.654. The number of ether oxygens (including phenoxy) is 1. The molecule has 1 saturated carbocycles. The SMILES string of the molecule is COc1cc(N)ccc1CN(CC(F)(F)F)C1CC1. The zero-order chi connectivity index (χ0) is 14.0. The number of nitrogens with zero attached hydrogens (tertiary/aromatic N) is 1. The summed E-state index contributed by atoms with van der Waals surface area (Å²) in [6, 6.07) is 5.06.